The maximum atomic E-state index is 8.56. The monoisotopic (exact) mass is 152 g/mol. The van der Waals surface area contributed by atoms with Gasteiger partial charge in [0.15, 0.2) is 0 Å². The van der Waals surface area contributed by atoms with Crippen molar-refractivity contribution in [3.63, 3.8) is 0 Å². The van der Waals surface area contributed by atoms with E-state index in [0.29, 0.717) is 18.6 Å². The van der Waals surface area contributed by atoms with Crippen LogP contribution in [0, 0.1) is 11.3 Å². The quantitative estimate of drug-likeness (QED) is 0.535. The molecule has 0 radical (unpaired) electrons. The summed E-state index contributed by atoms with van der Waals surface area (Å²) in [5.74, 6) is 0. The van der Waals surface area contributed by atoms with E-state index in [9.17, 15) is 0 Å². The molecule has 0 amide bonds. The fourth-order valence-electron chi connectivity index (χ4n) is 1.87. The lowest BCUT2D eigenvalue weighted by Gasteiger charge is -2.37. The van der Waals surface area contributed by atoms with Crippen molar-refractivity contribution in [1.29, 1.82) is 5.26 Å². The lowest BCUT2D eigenvalue weighted by molar-refractivity contribution is 0.121. The highest BCUT2D eigenvalue weighted by atomic mass is 15.2. The number of likely N-dealkylation sites (tertiary alicyclic amines) is 1. The smallest absolute Gasteiger partial charge is 0.0870 e. The first-order chi connectivity index (χ1) is 5.25. The van der Waals surface area contributed by atoms with E-state index in [1.165, 1.54) is 19.3 Å². The molecule has 1 fully saturated rings. The van der Waals surface area contributed by atoms with E-state index in [0.717, 1.165) is 0 Å². The van der Waals surface area contributed by atoms with E-state index in [1.807, 2.05) is 0 Å². The molecule has 11 heavy (non-hydrogen) atoms. The Balaban J connectivity index is 2.49. The molecule has 0 spiro atoms. The second-order valence-electron chi connectivity index (χ2n) is 3.46. The first-order valence-corrected chi connectivity index (χ1v) is 4.38. The van der Waals surface area contributed by atoms with E-state index in [-0.39, 0.29) is 0 Å². The van der Waals surface area contributed by atoms with Crippen LogP contribution in [0.15, 0.2) is 0 Å². The molecule has 2 unspecified atom stereocenters. The summed E-state index contributed by atoms with van der Waals surface area (Å²) in [6.45, 7) is 5.03. The largest absolute Gasteiger partial charge is 0.285 e. The Morgan fingerprint density at radius 3 is 2.36 bits per heavy atom. The number of piperidine rings is 1. The zero-order valence-electron chi connectivity index (χ0n) is 7.38. The Hall–Kier alpha value is -0.550. The van der Waals surface area contributed by atoms with Crippen molar-refractivity contribution in [2.75, 3.05) is 6.54 Å². The molecule has 0 bridgehead atoms. The number of rotatable bonds is 1. The van der Waals surface area contributed by atoms with Crippen LogP contribution in [0.25, 0.3) is 0 Å². The Labute approximate surface area is 68.8 Å². The molecule has 0 saturated carbocycles. The maximum absolute atomic E-state index is 8.56. The second-order valence-corrected chi connectivity index (χ2v) is 3.46. The summed E-state index contributed by atoms with van der Waals surface area (Å²) < 4.78 is 0. The van der Waals surface area contributed by atoms with Crippen LogP contribution in [0.4, 0.5) is 0 Å². The van der Waals surface area contributed by atoms with Gasteiger partial charge in [0.05, 0.1) is 12.6 Å². The van der Waals surface area contributed by atoms with Gasteiger partial charge in [-0.3, -0.25) is 4.90 Å². The van der Waals surface area contributed by atoms with Crippen molar-refractivity contribution in [2.24, 2.45) is 0 Å². The Bertz CT molecular complexity index is 149. The molecule has 0 aromatic rings. The molecular formula is C9H16N2. The van der Waals surface area contributed by atoms with Gasteiger partial charge in [0, 0.05) is 12.1 Å². The predicted molar refractivity (Wildman–Crippen MR) is 45.1 cm³/mol. The van der Waals surface area contributed by atoms with Crippen LogP contribution >= 0.6 is 0 Å². The molecule has 1 aliphatic heterocycles. The third-order valence-electron chi connectivity index (χ3n) is 2.63. The van der Waals surface area contributed by atoms with Gasteiger partial charge in [0.2, 0.25) is 0 Å². The second kappa shape index (κ2) is 3.73. The van der Waals surface area contributed by atoms with Gasteiger partial charge in [-0.15, -0.1) is 0 Å². The summed E-state index contributed by atoms with van der Waals surface area (Å²) in [5.41, 5.74) is 0. The highest BCUT2D eigenvalue weighted by Crippen LogP contribution is 2.21. The summed E-state index contributed by atoms with van der Waals surface area (Å²) in [5, 5.41) is 8.56. The van der Waals surface area contributed by atoms with Crippen molar-refractivity contribution in [2.45, 2.75) is 45.2 Å². The average Bonchev–Trinajstić information content (AvgIpc) is 1.97. The van der Waals surface area contributed by atoms with Crippen LogP contribution in [-0.4, -0.2) is 23.5 Å². The molecule has 1 heterocycles. The summed E-state index contributed by atoms with van der Waals surface area (Å²) >= 11 is 0. The molecule has 1 saturated heterocycles. The van der Waals surface area contributed by atoms with Crippen molar-refractivity contribution >= 4 is 0 Å². The van der Waals surface area contributed by atoms with Gasteiger partial charge in [-0.1, -0.05) is 6.42 Å². The Morgan fingerprint density at radius 2 is 1.91 bits per heavy atom. The van der Waals surface area contributed by atoms with Gasteiger partial charge in [-0.05, 0) is 26.7 Å². The fraction of sp³-hybridized carbons (Fsp3) is 0.889. The summed E-state index contributed by atoms with van der Waals surface area (Å²) in [6.07, 6.45) is 3.84. The zero-order chi connectivity index (χ0) is 8.27. The molecule has 1 rings (SSSR count). The Morgan fingerprint density at radius 1 is 1.36 bits per heavy atom. The normalized spacial score (nSPS) is 33.2. The van der Waals surface area contributed by atoms with Gasteiger partial charge in [0.1, 0.15) is 0 Å². The molecule has 0 aromatic carbocycles. The molecular weight excluding hydrogens is 136 g/mol. The number of nitriles is 1. The van der Waals surface area contributed by atoms with Gasteiger partial charge in [-0.25, -0.2) is 0 Å². The minimum absolute atomic E-state index is 0.600. The summed E-state index contributed by atoms with van der Waals surface area (Å²) in [7, 11) is 0. The van der Waals surface area contributed by atoms with Crippen LogP contribution in [0.5, 0.6) is 0 Å². The molecule has 1 aliphatic rings. The van der Waals surface area contributed by atoms with E-state index in [2.05, 4.69) is 24.8 Å². The predicted octanol–water partition coefficient (Wildman–Crippen LogP) is 1.77. The third kappa shape index (κ3) is 1.94. The zero-order valence-corrected chi connectivity index (χ0v) is 7.38. The van der Waals surface area contributed by atoms with E-state index >= 15 is 0 Å². The molecule has 0 aliphatic carbocycles. The fourth-order valence-corrected chi connectivity index (χ4v) is 1.87. The molecule has 2 heteroatoms. The van der Waals surface area contributed by atoms with Crippen LogP contribution in [0.2, 0.25) is 0 Å². The lowest BCUT2D eigenvalue weighted by Crippen LogP contribution is -2.43. The molecule has 0 N–H and O–H groups in total. The maximum Gasteiger partial charge on any atom is 0.0870 e. The molecule has 2 atom stereocenters. The van der Waals surface area contributed by atoms with Gasteiger partial charge < -0.3 is 0 Å². The molecule has 0 aromatic heterocycles. The van der Waals surface area contributed by atoms with Crippen LogP contribution in [-0.2, 0) is 0 Å². The first kappa shape index (κ1) is 8.55. The van der Waals surface area contributed by atoms with Crippen molar-refractivity contribution in [3.8, 4) is 6.07 Å². The first-order valence-electron chi connectivity index (χ1n) is 4.38. The summed E-state index contributed by atoms with van der Waals surface area (Å²) in [6, 6.07) is 3.44. The Kier molecular flexibility index (Phi) is 2.90. The topological polar surface area (TPSA) is 27.0 Å². The van der Waals surface area contributed by atoms with E-state index in [4.69, 9.17) is 5.26 Å². The van der Waals surface area contributed by atoms with Crippen molar-refractivity contribution in [3.05, 3.63) is 0 Å². The van der Waals surface area contributed by atoms with E-state index in [1.54, 1.807) is 0 Å². The SMILES string of the molecule is CC1CCCC(C)N1CC#N. The molecule has 62 valence electrons. The third-order valence-corrected chi connectivity index (χ3v) is 2.63. The highest BCUT2D eigenvalue weighted by molar-refractivity contribution is 4.86. The minimum atomic E-state index is 0.600. The number of nitrogens with zero attached hydrogens (tertiary/aromatic N) is 2. The van der Waals surface area contributed by atoms with Gasteiger partial charge in [0.25, 0.3) is 0 Å². The van der Waals surface area contributed by atoms with Crippen molar-refractivity contribution in [1.82, 2.24) is 4.90 Å². The van der Waals surface area contributed by atoms with Crippen LogP contribution < -0.4 is 0 Å². The molecule has 2 nitrogen and oxygen atoms in total. The standard InChI is InChI=1S/C9H16N2/c1-8-4-3-5-9(2)11(8)7-6-10/h8-9H,3-5,7H2,1-2H3. The highest BCUT2D eigenvalue weighted by Gasteiger charge is 2.23. The van der Waals surface area contributed by atoms with Gasteiger partial charge >= 0.3 is 0 Å². The van der Waals surface area contributed by atoms with Crippen LogP contribution in [0.1, 0.15) is 33.1 Å². The van der Waals surface area contributed by atoms with E-state index < -0.39 is 0 Å². The van der Waals surface area contributed by atoms with Crippen molar-refractivity contribution < 1.29 is 0 Å². The number of hydrogen-bond donors (Lipinski definition) is 0. The summed E-state index contributed by atoms with van der Waals surface area (Å²) in [4.78, 5) is 2.30. The lowest BCUT2D eigenvalue weighted by atomic mass is 9.98. The average molecular weight is 152 g/mol. The number of hydrogen-bond acceptors (Lipinski definition) is 2. The van der Waals surface area contributed by atoms with Crippen LogP contribution in [0.3, 0.4) is 0 Å². The minimum Gasteiger partial charge on any atom is -0.285 e. The van der Waals surface area contributed by atoms with Gasteiger partial charge in [-0.2, -0.15) is 5.26 Å².